The van der Waals surface area contributed by atoms with Gasteiger partial charge in [-0.05, 0) is 6.07 Å². The predicted octanol–water partition coefficient (Wildman–Crippen LogP) is 1.20. The Morgan fingerprint density at radius 1 is 1.41 bits per heavy atom. The van der Waals surface area contributed by atoms with Crippen molar-refractivity contribution in [2.75, 3.05) is 5.32 Å². The first-order valence-corrected chi connectivity index (χ1v) is 5.44. The van der Waals surface area contributed by atoms with Crippen LogP contribution in [0.4, 0.5) is 5.95 Å². The van der Waals surface area contributed by atoms with Crippen LogP contribution in [0.1, 0.15) is 12.0 Å². The lowest BCUT2D eigenvalue weighted by molar-refractivity contribution is -0.194. The summed E-state index contributed by atoms with van der Waals surface area (Å²) in [5, 5.41) is 2.77. The number of carbonyl (C=O) groups is 1. The van der Waals surface area contributed by atoms with Gasteiger partial charge < -0.3 is 9.45 Å². The van der Waals surface area contributed by atoms with E-state index in [1.54, 1.807) is 0 Å². The van der Waals surface area contributed by atoms with Crippen LogP contribution in [0.5, 0.6) is 5.75 Å². The van der Waals surface area contributed by atoms with E-state index in [0.717, 1.165) is 22.3 Å². The number of rotatable bonds is 0. The zero-order valence-electron chi connectivity index (χ0n) is 8.90. The van der Waals surface area contributed by atoms with Crippen molar-refractivity contribution >= 4 is 22.9 Å². The summed E-state index contributed by atoms with van der Waals surface area (Å²) in [6.45, 7) is 1.09. The summed E-state index contributed by atoms with van der Waals surface area (Å²) in [5.41, 5.74) is 2.80. The lowest BCUT2D eigenvalue weighted by Gasteiger charge is -2.14. The topological polar surface area (TPSA) is 65.4 Å². The minimum atomic E-state index is 0.0138. The summed E-state index contributed by atoms with van der Waals surface area (Å²) in [6, 6.07) is 3.85. The number of anilines is 1. The minimum absolute atomic E-state index is 0.0138. The molecule has 1 aromatic heterocycles. The summed E-state index contributed by atoms with van der Waals surface area (Å²) in [7, 11) is 0. The van der Waals surface area contributed by atoms with E-state index in [1.807, 2.05) is 16.7 Å². The van der Waals surface area contributed by atoms with Crippen LogP contribution in [0.25, 0.3) is 11.0 Å². The van der Waals surface area contributed by atoms with Crippen molar-refractivity contribution in [3.8, 4) is 5.75 Å². The highest BCUT2D eigenvalue weighted by molar-refractivity contribution is 5.93. The molecule has 0 aliphatic carbocycles. The Balaban J connectivity index is 1.98. The third-order valence-corrected chi connectivity index (χ3v) is 3.11. The maximum absolute atomic E-state index is 11.3. The molecule has 0 saturated carbocycles. The number of hydrogen-bond donors (Lipinski definition) is 1. The van der Waals surface area contributed by atoms with Gasteiger partial charge in [-0.3, -0.25) is 10.1 Å². The smallest absolute Gasteiger partial charge is 0.228 e. The number of hydrogen-bond acceptors (Lipinski definition) is 4. The first-order chi connectivity index (χ1) is 8.31. The molecule has 2 aromatic rings. The highest BCUT2D eigenvalue weighted by Crippen LogP contribution is 2.33. The maximum Gasteiger partial charge on any atom is 0.228 e. The molecule has 6 nitrogen and oxygen atoms in total. The Bertz CT molecular complexity index is 647. The number of nitrogens with one attached hydrogen (secondary N) is 1. The van der Waals surface area contributed by atoms with E-state index in [4.69, 9.17) is 9.78 Å². The van der Waals surface area contributed by atoms with Crippen LogP contribution in [0.3, 0.4) is 0 Å². The van der Waals surface area contributed by atoms with Crippen LogP contribution in [0.2, 0.25) is 0 Å². The monoisotopic (exact) mass is 231 g/mol. The van der Waals surface area contributed by atoms with E-state index in [-0.39, 0.29) is 5.91 Å². The summed E-state index contributed by atoms with van der Waals surface area (Å²) in [4.78, 5) is 25.7. The number of aryl methyl sites for hydroxylation is 1. The maximum atomic E-state index is 11.3. The van der Waals surface area contributed by atoms with E-state index in [2.05, 4.69) is 10.3 Å². The normalized spacial score (nSPS) is 17.5. The quantitative estimate of drug-likeness (QED) is 0.692. The molecule has 0 fully saturated rings. The van der Waals surface area contributed by atoms with Gasteiger partial charge in [-0.2, -0.15) is 4.89 Å². The molecule has 17 heavy (non-hydrogen) atoms. The van der Waals surface area contributed by atoms with Crippen LogP contribution < -0.4 is 10.2 Å². The number of imidazole rings is 1. The summed E-state index contributed by atoms with van der Waals surface area (Å²) < 4.78 is 1.98. The molecule has 86 valence electrons. The lowest BCUT2D eigenvalue weighted by atomic mass is 10.2. The third-order valence-electron chi connectivity index (χ3n) is 3.11. The molecule has 0 unspecified atom stereocenters. The number of fused-ring (bicyclic) bond motifs is 4. The average molecular weight is 231 g/mol. The van der Waals surface area contributed by atoms with Gasteiger partial charge in [0.25, 0.3) is 0 Å². The predicted molar refractivity (Wildman–Crippen MR) is 58.4 cm³/mol. The van der Waals surface area contributed by atoms with Crippen molar-refractivity contribution in [2.24, 2.45) is 0 Å². The minimum Gasteiger partial charge on any atom is -0.337 e. The van der Waals surface area contributed by atoms with Gasteiger partial charge in [0.1, 0.15) is 6.61 Å². The molecule has 0 spiro atoms. The van der Waals surface area contributed by atoms with Gasteiger partial charge in [-0.1, -0.05) is 0 Å². The molecule has 6 heteroatoms. The average Bonchev–Trinajstić information content (AvgIpc) is 2.87. The fourth-order valence-corrected chi connectivity index (χ4v) is 2.26. The fourth-order valence-electron chi connectivity index (χ4n) is 2.26. The Labute approximate surface area is 96.1 Å². The van der Waals surface area contributed by atoms with Crippen molar-refractivity contribution in [3.05, 3.63) is 17.7 Å². The van der Waals surface area contributed by atoms with Gasteiger partial charge in [0, 0.05) is 24.6 Å². The molecule has 2 aliphatic rings. The molecule has 3 heterocycles. The van der Waals surface area contributed by atoms with Gasteiger partial charge >= 0.3 is 0 Å². The number of benzene rings is 1. The van der Waals surface area contributed by atoms with Crippen molar-refractivity contribution < 1.29 is 14.6 Å². The van der Waals surface area contributed by atoms with E-state index in [9.17, 15) is 4.79 Å². The number of aromatic nitrogens is 2. The number of carbonyl (C=O) groups excluding carboxylic acids is 1. The van der Waals surface area contributed by atoms with E-state index < -0.39 is 0 Å². The zero-order valence-corrected chi connectivity index (χ0v) is 8.90. The van der Waals surface area contributed by atoms with Crippen LogP contribution >= 0.6 is 0 Å². The van der Waals surface area contributed by atoms with Gasteiger partial charge in [-0.25, -0.2) is 4.98 Å². The molecular weight excluding hydrogens is 222 g/mol. The van der Waals surface area contributed by atoms with E-state index in [0.29, 0.717) is 25.5 Å². The van der Waals surface area contributed by atoms with Crippen molar-refractivity contribution in [3.63, 3.8) is 0 Å². The molecule has 0 atom stereocenters. The van der Waals surface area contributed by atoms with Crippen LogP contribution in [-0.4, -0.2) is 15.5 Å². The highest BCUT2D eigenvalue weighted by Gasteiger charge is 2.22. The second-order valence-electron chi connectivity index (χ2n) is 4.18. The summed E-state index contributed by atoms with van der Waals surface area (Å²) in [6.07, 6.45) is 0.479. The molecule has 1 amide bonds. The standard InChI is InChI=1S/C11H9N3O3/c15-10-1-2-14-8-4-9-6(5-16-17-9)3-7(8)12-11(14)13-10/h3-4H,1-2,5H2,(H,12,13,15). The summed E-state index contributed by atoms with van der Waals surface area (Å²) >= 11 is 0. The van der Waals surface area contributed by atoms with Crippen molar-refractivity contribution in [1.82, 2.24) is 9.55 Å². The van der Waals surface area contributed by atoms with Crippen molar-refractivity contribution in [2.45, 2.75) is 19.6 Å². The van der Waals surface area contributed by atoms with Crippen molar-refractivity contribution in [1.29, 1.82) is 0 Å². The number of nitrogens with zero attached hydrogens (tertiary/aromatic N) is 2. The second-order valence-corrected chi connectivity index (χ2v) is 4.18. The van der Waals surface area contributed by atoms with Crippen LogP contribution in [-0.2, 0) is 22.8 Å². The fraction of sp³-hybridized carbons (Fsp3) is 0.273. The molecule has 2 aliphatic heterocycles. The Kier molecular flexibility index (Phi) is 1.58. The second kappa shape index (κ2) is 2.98. The molecule has 4 rings (SSSR count). The first-order valence-electron chi connectivity index (χ1n) is 5.44. The van der Waals surface area contributed by atoms with E-state index in [1.165, 1.54) is 0 Å². The lowest BCUT2D eigenvalue weighted by Crippen LogP contribution is -2.23. The molecular formula is C11H9N3O3. The Morgan fingerprint density at radius 3 is 3.29 bits per heavy atom. The molecule has 0 saturated heterocycles. The SMILES string of the molecule is O=C1CCn2c(nc3cc4c(cc32)OOC4)N1. The molecule has 1 N–H and O–H groups in total. The van der Waals surface area contributed by atoms with Gasteiger partial charge in [0.05, 0.1) is 11.0 Å². The van der Waals surface area contributed by atoms with Gasteiger partial charge in [-0.15, -0.1) is 0 Å². The van der Waals surface area contributed by atoms with Gasteiger partial charge in [0.2, 0.25) is 11.9 Å². The Hall–Kier alpha value is -2.08. The largest absolute Gasteiger partial charge is 0.337 e. The van der Waals surface area contributed by atoms with E-state index >= 15 is 0 Å². The first kappa shape index (κ1) is 9.00. The zero-order chi connectivity index (χ0) is 11.4. The molecule has 1 aromatic carbocycles. The number of amides is 1. The van der Waals surface area contributed by atoms with Gasteiger partial charge in [0.15, 0.2) is 5.75 Å². The Morgan fingerprint density at radius 2 is 2.35 bits per heavy atom. The van der Waals surface area contributed by atoms with Crippen LogP contribution in [0, 0.1) is 0 Å². The highest BCUT2D eigenvalue weighted by atomic mass is 17.2. The molecule has 0 radical (unpaired) electrons. The van der Waals surface area contributed by atoms with Crippen LogP contribution in [0.15, 0.2) is 12.1 Å². The third kappa shape index (κ3) is 1.18. The summed E-state index contributed by atoms with van der Waals surface area (Å²) in [5.74, 6) is 1.36. The molecule has 0 bridgehead atoms.